The van der Waals surface area contributed by atoms with E-state index in [-0.39, 0.29) is 10.7 Å². The Morgan fingerprint density at radius 1 is 1.23 bits per heavy atom. The summed E-state index contributed by atoms with van der Waals surface area (Å²) in [7, 11) is 0. The van der Waals surface area contributed by atoms with Crippen LogP contribution in [-0.2, 0) is 6.18 Å². The Hall–Kier alpha value is -2.08. The number of hydrogen-bond acceptors (Lipinski definition) is 2. The Balaban J connectivity index is 2.11. The van der Waals surface area contributed by atoms with E-state index < -0.39 is 23.7 Å². The molecular formula is C15H12ClF3N2O. The molecule has 1 N–H and O–H groups in total. The van der Waals surface area contributed by atoms with Crippen LogP contribution in [0.25, 0.3) is 0 Å². The fraction of sp³-hybridized carbons (Fsp3) is 0.200. The van der Waals surface area contributed by atoms with Crippen LogP contribution in [0.2, 0.25) is 5.15 Å². The molecular weight excluding hydrogens is 317 g/mol. The largest absolute Gasteiger partial charge is 0.416 e. The number of alkyl halides is 3. The first kappa shape index (κ1) is 16.3. The fourth-order valence-electron chi connectivity index (χ4n) is 1.87. The van der Waals surface area contributed by atoms with Crippen molar-refractivity contribution in [3.63, 3.8) is 0 Å². The lowest BCUT2D eigenvalue weighted by Gasteiger charge is -2.15. The standard InChI is InChI=1S/C15H12ClF3N2O/c1-9(10-4-6-11(7-5-10)15(17,18)19)21-14(22)12-3-2-8-20-13(12)16/h2-9H,1H3,(H,21,22)/t9-/m1/s1. The highest BCUT2D eigenvalue weighted by molar-refractivity contribution is 6.32. The van der Waals surface area contributed by atoms with Crippen LogP contribution in [0.1, 0.15) is 34.5 Å². The summed E-state index contributed by atoms with van der Waals surface area (Å²) in [5.41, 5.74) is 0.0365. The summed E-state index contributed by atoms with van der Waals surface area (Å²) in [4.78, 5) is 15.9. The van der Waals surface area contributed by atoms with Gasteiger partial charge in [0.15, 0.2) is 0 Å². The summed E-state index contributed by atoms with van der Waals surface area (Å²) < 4.78 is 37.5. The van der Waals surface area contributed by atoms with Gasteiger partial charge in [-0.3, -0.25) is 4.79 Å². The van der Waals surface area contributed by atoms with Gasteiger partial charge in [0.2, 0.25) is 0 Å². The zero-order valence-electron chi connectivity index (χ0n) is 11.5. The van der Waals surface area contributed by atoms with Crippen molar-refractivity contribution < 1.29 is 18.0 Å². The Morgan fingerprint density at radius 2 is 1.86 bits per heavy atom. The quantitative estimate of drug-likeness (QED) is 0.856. The van der Waals surface area contributed by atoms with Crippen molar-refractivity contribution in [2.24, 2.45) is 0 Å². The maximum Gasteiger partial charge on any atom is 0.416 e. The molecule has 116 valence electrons. The number of carbonyl (C=O) groups is 1. The van der Waals surface area contributed by atoms with Gasteiger partial charge in [-0.05, 0) is 36.8 Å². The van der Waals surface area contributed by atoms with Crippen LogP contribution >= 0.6 is 11.6 Å². The second-order valence-electron chi connectivity index (χ2n) is 4.66. The van der Waals surface area contributed by atoms with Crippen LogP contribution in [0.5, 0.6) is 0 Å². The summed E-state index contributed by atoms with van der Waals surface area (Å²) in [6.07, 6.45) is -2.92. The van der Waals surface area contributed by atoms with E-state index in [1.807, 2.05) is 0 Å². The lowest BCUT2D eigenvalue weighted by Crippen LogP contribution is -2.27. The van der Waals surface area contributed by atoms with E-state index in [9.17, 15) is 18.0 Å². The zero-order chi connectivity index (χ0) is 16.3. The van der Waals surface area contributed by atoms with Gasteiger partial charge in [-0.2, -0.15) is 13.2 Å². The topological polar surface area (TPSA) is 42.0 Å². The number of rotatable bonds is 3. The molecule has 7 heteroatoms. The third-order valence-corrected chi connectivity index (χ3v) is 3.39. The van der Waals surface area contributed by atoms with Gasteiger partial charge in [-0.25, -0.2) is 4.98 Å². The number of benzene rings is 1. The molecule has 0 bridgehead atoms. The average molecular weight is 329 g/mol. The van der Waals surface area contributed by atoms with E-state index in [0.717, 1.165) is 12.1 Å². The number of amides is 1. The van der Waals surface area contributed by atoms with Crippen molar-refractivity contribution in [2.45, 2.75) is 19.1 Å². The SMILES string of the molecule is C[C@@H](NC(=O)c1cccnc1Cl)c1ccc(C(F)(F)F)cc1. The summed E-state index contributed by atoms with van der Waals surface area (Å²) >= 11 is 5.82. The first-order chi connectivity index (χ1) is 10.3. The van der Waals surface area contributed by atoms with E-state index in [1.54, 1.807) is 13.0 Å². The van der Waals surface area contributed by atoms with Crippen molar-refractivity contribution >= 4 is 17.5 Å². The van der Waals surface area contributed by atoms with E-state index in [0.29, 0.717) is 5.56 Å². The van der Waals surface area contributed by atoms with Gasteiger partial charge in [0.05, 0.1) is 17.2 Å². The predicted molar refractivity (Wildman–Crippen MR) is 76.6 cm³/mol. The minimum atomic E-state index is -4.38. The highest BCUT2D eigenvalue weighted by atomic mass is 35.5. The van der Waals surface area contributed by atoms with Crippen LogP contribution in [0.4, 0.5) is 13.2 Å². The number of pyridine rings is 1. The number of carbonyl (C=O) groups excluding carboxylic acids is 1. The summed E-state index contributed by atoms with van der Waals surface area (Å²) in [6.45, 7) is 1.67. The van der Waals surface area contributed by atoms with Crippen molar-refractivity contribution in [3.05, 3.63) is 64.4 Å². The second kappa shape index (κ2) is 6.36. The van der Waals surface area contributed by atoms with E-state index in [2.05, 4.69) is 10.3 Å². The minimum Gasteiger partial charge on any atom is -0.345 e. The maximum atomic E-state index is 12.5. The molecule has 0 aliphatic rings. The molecule has 3 nitrogen and oxygen atoms in total. The monoisotopic (exact) mass is 328 g/mol. The second-order valence-corrected chi connectivity index (χ2v) is 5.01. The van der Waals surface area contributed by atoms with Gasteiger partial charge in [0.25, 0.3) is 5.91 Å². The number of aromatic nitrogens is 1. The molecule has 0 unspecified atom stereocenters. The number of hydrogen-bond donors (Lipinski definition) is 1. The third kappa shape index (κ3) is 3.76. The first-order valence-electron chi connectivity index (χ1n) is 6.37. The molecule has 0 saturated carbocycles. The van der Waals surface area contributed by atoms with Gasteiger partial charge >= 0.3 is 6.18 Å². The minimum absolute atomic E-state index is 0.0691. The predicted octanol–water partition coefficient (Wildman–Crippen LogP) is 4.24. The Morgan fingerprint density at radius 3 is 2.41 bits per heavy atom. The third-order valence-electron chi connectivity index (χ3n) is 3.09. The molecule has 0 spiro atoms. The van der Waals surface area contributed by atoms with E-state index in [4.69, 9.17) is 11.6 Å². The maximum absolute atomic E-state index is 12.5. The van der Waals surface area contributed by atoms with Crippen molar-refractivity contribution in [1.82, 2.24) is 10.3 Å². The molecule has 1 aromatic carbocycles. The fourth-order valence-corrected chi connectivity index (χ4v) is 2.08. The Kier molecular flexibility index (Phi) is 4.71. The lowest BCUT2D eigenvalue weighted by molar-refractivity contribution is -0.137. The Bertz CT molecular complexity index is 671. The molecule has 0 aliphatic heterocycles. The van der Waals surface area contributed by atoms with Gasteiger partial charge < -0.3 is 5.32 Å². The molecule has 1 aromatic heterocycles. The number of nitrogens with one attached hydrogen (secondary N) is 1. The van der Waals surface area contributed by atoms with Crippen molar-refractivity contribution in [2.75, 3.05) is 0 Å². The highest BCUT2D eigenvalue weighted by Gasteiger charge is 2.30. The van der Waals surface area contributed by atoms with Crippen molar-refractivity contribution in [3.8, 4) is 0 Å². The molecule has 0 fully saturated rings. The van der Waals surface area contributed by atoms with Gasteiger partial charge in [-0.15, -0.1) is 0 Å². The molecule has 1 heterocycles. The van der Waals surface area contributed by atoms with Crippen LogP contribution in [0, 0.1) is 0 Å². The number of nitrogens with zero attached hydrogens (tertiary/aromatic N) is 1. The highest BCUT2D eigenvalue weighted by Crippen LogP contribution is 2.30. The summed E-state index contributed by atoms with van der Waals surface area (Å²) in [5, 5.41) is 2.74. The molecule has 0 saturated heterocycles. The molecule has 2 aromatic rings. The van der Waals surface area contributed by atoms with Gasteiger partial charge in [0, 0.05) is 6.20 Å². The van der Waals surface area contributed by atoms with Crippen molar-refractivity contribution in [1.29, 1.82) is 0 Å². The van der Waals surface area contributed by atoms with Crippen LogP contribution in [0.15, 0.2) is 42.6 Å². The molecule has 0 radical (unpaired) electrons. The van der Waals surface area contributed by atoms with Gasteiger partial charge in [-0.1, -0.05) is 23.7 Å². The van der Waals surface area contributed by atoms with Crippen LogP contribution in [0.3, 0.4) is 0 Å². The van der Waals surface area contributed by atoms with Crippen LogP contribution < -0.4 is 5.32 Å². The van der Waals surface area contributed by atoms with E-state index in [1.165, 1.54) is 24.4 Å². The van der Waals surface area contributed by atoms with Crippen LogP contribution in [-0.4, -0.2) is 10.9 Å². The number of halogens is 4. The summed E-state index contributed by atoms with van der Waals surface area (Å²) in [6, 6.07) is 7.25. The normalized spacial score (nSPS) is 12.8. The molecule has 2 rings (SSSR count). The first-order valence-corrected chi connectivity index (χ1v) is 6.75. The molecule has 0 aliphatic carbocycles. The zero-order valence-corrected chi connectivity index (χ0v) is 12.2. The lowest BCUT2D eigenvalue weighted by atomic mass is 10.1. The molecule has 1 atom stereocenters. The molecule has 22 heavy (non-hydrogen) atoms. The smallest absolute Gasteiger partial charge is 0.345 e. The summed E-state index contributed by atoms with van der Waals surface area (Å²) in [5.74, 6) is -0.439. The molecule has 1 amide bonds. The van der Waals surface area contributed by atoms with Gasteiger partial charge in [0.1, 0.15) is 5.15 Å². The van der Waals surface area contributed by atoms with E-state index >= 15 is 0 Å². The average Bonchev–Trinajstić information content (AvgIpc) is 2.46. The Labute approximate surface area is 130 Å².